The molecular formula is C24H24N2O2. The Balaban J connectivity index is 1.69. The highest BCUT2D eigenvalue weighted by atomic mass is 16.2. The van der Waals surface area contributed by atoms with Gasteiger partial charge in [-0.3, -0.25) is 9.59 Å². The summed E-state index contributed by atoms with van der Waals surface area (Å²) in [5.74, 6) is -1.33. The second-order valence-corrected chi connectivity index (χ2v) is 6.86. The van der Waals surface area contributed by atoms with Crippen LogP contribution in [0.1, 0.15) is 28.2 Å². The van der Waals surface area contributed by atoms with E-state index < -0.39 is 11.8 Å². The first kappa shape index (κ1) is 19.4. The zero-order valence-corrected chi connectivity index (χ0v) is 16.1. The van der Waals surface area contributed by atoms with E-state index in [4.69, 9.17) is 0 Å². The lowest BCUT2D eigenvalue weighted by atomic mass is 9.91. The molecule has 0 aliphatic rings. The number of benzene rings is 3. The molecule has 0 bridgehead atoms. The van der Waals surface area contributed by atoms with Gasteiger partial charge in [-0.2, -0.15) is 0 Å². The smallest absolute Gasteiger partial charge is 0.313 e. The van der Waals surface area contributed by atoms with E-state index in [1.165, 1.54) is 0 Å². The van der Waals surface area contributed by atoms with Gasteiger partial charge in [-0.1, -0.05) is 78.4 Å². The number of anilines is 1. The summed E-state index contributed by atoms with van der Waals surface area (Å²) in [5.41, 5.74) is 4.85. The maximum absolute atomic E-state index is 12.4. The summed E-state index contributed by atoms with van der Waals surface area (Å²) in [6.07, 6.45) is 0. The van der Waals surface area contributed by atoms with E-state index in [1.54, 1.807) is 0 Å². The Morgan fingerprint density at radius 1 is 0.786 bits per heavy atom. The summed E-state index contributed by atoms with van der Waals surface area (Å²) >= 11 is 0. The zero-order chi connectivity index (χ0) is 19.9. The van der Waals surface area contributed by atoms with E-state index in [0.29, 0.717) is 12.2 Å². The SMILES string of the molecule is Cc1ccc(NC(=O)C(=O)NCC(c2ccccc2)c2ccccc2)c(C)c1. The molecule has 0 radical (unpaired) electrons. The summed E-state index contributed by atoms with van der Waals surface area (Å²) in [6, 6.07) is 25.6. The van der Waals surface area contributed by atoms with Crippen molar-refractivity contribution in [1.29, 1.82) is 0 Å². The molecular weight excluding hydrogens is 348 g/mol. The first-order valence-electron chi connectivity index (χ1n) is 9.31. The predicted octanol–water partition coefficient (Wildman–Crippen LogP) is 4.19. The van der Waals surface area contributed by atoms with Crippen molar-refractivity contribution >= 4 is 17.5 Å². The van der Waals surface area contributed by atoms with Crippen molar-refractivity contribution in [2.24, 2.45) is 0 Å². The molecule has 0 atom stereocenters. The second kappa shape index (κ2) is 9.00. The summed E-state index contributed by atoms with van der Waals surface area (Å²) in [6.45, 7) is 4.23. The van der Waals surface area contributed by atoms with Crippen LogP contribution in [0.2, 0.25) is 0 Å². The number of hydrogen-bond donors (Lipinski definition) is 2. The highest BCUT2D eigenvalue weighted by Crippen LogP contribution is 2.23. The van der Waals surface area contributed by atoms with E-state index in [2.05, 4.69) is 10.6 Å². The van der Waals surface area contributed by atoms with Gasteiger partial charge in [0.25, 0.3) is 0 Å². The molecule has 0 saturated heterocycles. The topological polar surface area (TPSA) is 58.2 Å². The van der Waals surface area contributed by atoms with E-state index >= 15 is 0 Å². The van der Waals surface area contributed by atoms with Crippen LogP contribution >= 0.6 is 0 Å². The largest absolute Gasteiger partial charge is 0.347 e. The Bertz CT molecular complexity index is 913. The molecule has 142 valence electrons. The molecule has 2 amide bonds. The van der Waals surface area contributed by atoms with Crippen molar-refractivity contribution in [3.05, 3.63) is 101 Å². The van der Waals surface area contributed by atoms with Crippen LogP contribution in [0, 0.1) is 13.8 Å². The average Bonchev–Trinajstić information content (AvgIpc) is 2.71. The van der Waals surface area contributed by atoms with Gasteiger partial charge >= 0.3 is 11.8 Å². The van der Waals surface area contributed by atoms with Crippen LogP contribution in [0.15, 0.2) is 78.9 Å². The third kappa shape index (κ3) is 4.86. The maximum atomic E-state index is 12.4. The van der Waals surface area contributed by atoms with Gasteiger partial charge in [0.05, 0.1) is 0 Å². The van der Waals surface area contributed by atoms with Crippen molar-refractivity contribution in [2.75, 3.05) is 11.9 Å². The van der Waals surface area contributed by atoms with Crippen LogP contribution in [0.3, 0.4) is 0 Å². The number of carbonyl (C=O) groups excluding carboxylic acids is 2. The molecule has 3 aromatic rings. The van der Waals surface area contributed by atoms with E-state index in [9.17, 15) is 9.59 Å². The molecule has 0 aromatic heterocycles. The summed E-state index contributed by atoms with van der Waals surface area (Å²) < 4.78 is 0. The molecule has 0 spiro atoms. The number of hydrogen-bond acceptors (Lipinski definition) is 2. The number of rotatable bonds is 5. The molecule has 0 unspecified atom stereocenters. The highest BCUT2D eigenvalue weighted by Gasteiger charge is 2.19. The van der Waals surface area contributed by atoms with Gasteiger partial charge in [-0.25, -0.2) is 0 Å². The van der Waals surface area contributed by atoms with E-state index in [-0.39, 0.29) is 5.92 Å². The maximum Gasteiger partial charge on any atom is 0.313 e. The van der Waals surface area contributed by atoms with Crippen LogP contribution in [0.25, 0.3) is 0 Å². The molecule has 0 aliphatic carbocycles. The lowest BCUT2D eigenvalue weighted by molar-refractivity contribution is -0.136. The molecule has 4 heteroatoms. The third-order valence-electron chi connectivity index (χ3n) is 4.71. The minimum Gasteiger partial charge on any atom is -0.347 e. The van der Waals surface area contributed by atoms with Crippen LogP contribution in [0.4, 0.5) is 5.69 Å². The first-order chi connectivity index (χ1) is 13.5. The summed E-state index contributed by atoms with van der Waals surface area (Å²) in [7, 11) is 0. The molecule has 0 fully saturated rings. The van der Waals surface area contributed by atoms with Crippen molar-refractivity contribution in [3.8, 4) is 0 Å². The lowest BCUT2D eigenvalue weighted by Crippen LogP contribution is -2.38. The van der Waals surface area contributed by atoms with Gasteiger partial charge in [-0.05, 0) is 36.6 Å². The number of nitrogens with one attached hydrogen (secondary N) is 2. The van der Waals surface area contributed by atoms with Crippen LogP contribution in [-0.4, -0.2) is 18.4 Å². The molecule has 0 heterocycles. The Hall–Kier alpha value is -3.40. The Labute approximate surface area is 165 Å². The van der Waals surface area contributed by atoms with Crippen molar-refractivity contribution in [2.45, 2.75) is 19.8 Å². The Morgan fingerprint density at radius 3 is 1.89 bits per heavy atom. The van der Waals surface area contributed by atoms with Crippen LogP contribution in [0.5, 0.6) is 0 Å². The standard InChI is InChI=1S/C24H24N2O2/c1-17-13-14-22(18(2)15-17)26-24(28)23(27)25-16-21(19-9-5-3-6-10-19)20-11-7-4-8-12-20/h3-15,21H,16H2,1-2H3,(H,25,27)(H,26,28). The number of amides is 2. The Morgan fingerprint density at radius 2 is 1.36 bits per heavy atom. The number of aryl methyl sites for hydroxylation is 2. The molecule has 3 aromatic carbocycles. The first-order valence-corrected chi connectivity index (χ1v) is 9.31. The minimum atomic E-state index is -0.660. The number of carbonyl (C=O) groups is 2. The Kier molecular flexibility index (Phi) is 6.22. The monoisotopic (exact) mass is 372 g/mol. The van der Waals surface area contributed by atoms with Gasteiger partial charge in [0.2, 0.25) is 0 Å². The minimum absolute atomic E-state index is 0.0275. The van der Waals surface area contributed by atoms with E-state index in [1.807, 2.05) is 92.7 Å². The lowest BCUT2D eigenvalue weighted by Gasteiger charge is -2.19. The van der Waals surface area contributed by atoms with Crippen molar-refractivity contribution < 1.29 is 9.59 Å². The molecule has 4 nitrogen and oxygen atoms in total. The molecule has 2 N–H and O–H groups in total. The third-order valence-corrected chi connectivity index (χ3v) is 4.71. The van der Waals surface area contributed by atoms with Crippen molar-refractivity contribution in [1.82, 2.24) is 5.32 Å². The quantitative estimate of drug-likeness (QED) is 0.660. The van der Waals surface area contributed by atoms with Gasteiger partial charge in [0, 0.05) is 18.2 Å². The average molecular weight is 372 g/mol. The molecule has 28 heavy (non-hydrogen) atoms. The fourth-order valence-electron chi connectivity index (χ4n) is 3.21. The predicted molar refractivity (Wildman–Crippen MR) is 112 cm³/mol. The normalized spacial score (nSPS) is 10.5. The van der Waals surface area contributed by atoms with Gasteiger partial charge in [0.15, 0.2) is 0 Å². The van der Waals surface area contributed by atoms with E-state index in [0.717, 1.165) is 22.3 Å². The summed E-state index contributed by atoms with van der Waals surface area (Å²) in [5, 5.41) is 5.47. The fourth-order valence-corrected chi connectivity index (χ4v) is 3.21. The van der Waals surface area contributed by atoms with Crippen LogP contribution < -0.4 is 10.6 Å². The second-order valence-electron chi connectivity index (χ2n) is 6.86. The summed E-state index contributed by atoms with van der Waals surface area (Å²) in [4.78, 5) is 24.7. The van der Waals surface area contributed by atoms with Crippen LogP contribution in [-0.2, 0) is 9.59 Å². The van der Waals surface area contributed by atoms with Crippen molar-refractivity contribution in [3.63, 3.8) is 0 Å². The van der Waals surface area contributed by atoms with Gasteiger partial charge < -0.3 is 10.6 Å². The molecule has 0 aliphatic heterocycles. The molecule has 0 saturated carbocycles. The fraction of sp³-hybridized carbons (Fsp3) is 0.167. The molecule has 3 rings (SSSR count). The highest BCUT2D eigenvalue weighted by molar-refractivity contribution is 6.39. The zero-order valence-electron chi connectivity index (χ0n) is 16.1. The van der Waals surface area contributed by atoms with Gasteiger partial charge in [0.1, 0.15) is 0 Å². The van der Waals surface area contributed by atoms with Gasteiger partial charge in [-0.15, -0.1) is 0 Å².